The summed E-state index contributed by atoms with van der Waals surface area (Å²) in [6, 6.07) is 0. The van der Waals surface area contributed by atoms with Crippen molar-refractivity contribution in [1.82, 2.24) is 0 Å². The van der Waals surface area contributed by atoms with Gasteiger partial charge in [-0.2, -0.15) is 0 Å². The first-order valence-corrected chi connectivity index (χ1v) is 3.75. The summed E-state index contributed by atoms with van der Waals surface area (Å²) in [5, 5.41) is 0.979. The van der Waals surface area contributed by atoms with Gasteiger partial charge in [0.05, 0.1) is 11.2 Å². The van der Waals surface area contributed by atoms with E-state index in [1.54, 1.807) is 0 Å². The highest BCUT2D eigenvalue weighted by atomic mass is 32.2. The molecular formula is C4H4NO2S. The third-order valence-electron chi connectivity index (χ3n) is 0.705. The van der Waals surface area contributed by atoms with Crippen LogP contribution in [0.5, 0.6) is 0 Å². The molecule has 0 aromatic heterocycles. The molecule has 3 nitrogen and oxygen atoms in total. The van der Waals surface area contributed by atoms with Crippen LogP contribution < -0.4 is 0 Å². The summed E-state index contributed by atoms with van der Waals surface area (Å²) in [6.07, 6.45) is 3.55. The zero-order valence-electron chi connectivity index (χ0n) is 4.03. The van der Waals surface area contributed by atoms with Crippen LogP contribution in [0.1, 0.15) is 0 Å². The number of hydrogen-bond donors (Lipinski definition) is 0. The minimum Gasteiger partial charge on any atom is -0.257 e. The summed E-state index contributed by atoms with van der Waals surface area (Å²) in [7, 11) is -2.97. The first kappa shape index (κ1) is 5.50. The topological polar surface area (TPSA) is 46.5 Å². The van der Waals surface area contributed by atoms with E-state index in [1.165, 1.54) is 6.21 Å². The Hall–Kier alpha value is -0.640. The molecule has 1 rings (SSSR count). The molecule has 0 atom stereocenters. The van der Waals surface area contributed by atoms with Crippen LogP contribution in [-0.4, -0.2) is 20.4 Å². The molecule has 0 saturated carbocycles. The van der Waals surface area contributed by atoms with Gasteiger partial charge in [0.1, 0.15) is 6.20 Å². The third kappa shape index (κ3) is 1.16. The highest BCUT2D eigenvalue weighted by Gasteiger charge is 2.04. The van der Waals surface area contributed by atoms with Gasteiger partial charge in [-0.1, -0.05) is 0 Å². The zero-order valence-corrected chi connectivity index (χ0v) is 4.85. The molecule has 0 aromatic carbocycles. The van der Waals surface area contributed by atoms with Gasteiger partial charge in [-0.05, 0) is 0 Å². The van der Waals surface area contributed by atoms with Gasteiger partial charge in [0.2, 0.25) is 0 Å². The van der Waals surface area contributed by atoms with Crippen LogP contribution in [0.2, 0.25) is 0 Å². The predicted molar refractivity (Wildman–Crippen MR) is 30.1 cm³/mol. The average Bonchev–Trinajstić information content (AvgIpc) is 1.65. The van der Waals surface area contributed by atoms with E-state index >= 15 is 0 Å². The molecular weight excluding hydrogens is 126 g/mol. The van der Waals surface area contributed by atoms with Crippen LogP contribution in [0, 0.1) is 6.20 Å². The molecule has 0 unspecified atom stereocenters. The molecule has 1 heterocycles. The first-order valence-electron chi connectivity index (χ1n) is 2.04. The molecule has 1 aliphatic heterocycles. The van der Waals surface area contributed by atoms with Gasteiger partial charge in [0, 0.05) is 6.21 Å². The summed E-state index contributed by atoms with van der Waals surface area (Å²) in [6.45, 7) is 0. The lowest BCUT2D eigenvalue weighted by Gasteiger charge is -1.92. The van der Waals surface area contributed by atoms with Crippen molar-refractivity contribution in [3.05, 3.63) is 11.6 Å². The van der Waals surface area contributed by atoms with E-state index < -0.39 is 9.84 Å². The lowest BCUT2D eigenvalue weighted by molar-refractivity contribution is 0.608. The van der Waals surface area contributed by atoms with Gasteiger partial charge in [-0.25, -0.2) is 8.42 Å². The maximum Gasteiger partial charge on any atom is 0.178 e. The molecule has 43 valence electrons. The summed E-state index contributed by atoms with van der Waals surface area (Å²) in [5.74, 6) is 0.0139. The second-order valence-corrected chi connectivity index (χ2v) is 3.28. The first-order chi connectivity index (χ1) is 3.71. The molecule has 0 aliphatic carbocycles. The van der Waals surface area contributed by atoms with Crippen molar-refractivity contribution < 1.29 is 8.42 Å². The SMILES string of the molecule is O=S1(=O)C=[C]N=CC1. The summed E-state index contributed by atoms with van der Waals surface area (Å²) >= 11 is 0. The van der Waals surface area contributed by atoms with Crippen molar-refractivity contribution in [3.8, 4) is 0 Å². The van der Waals surface area contributed by atoms with Crippen molar-refractivity contribution in [2.45, 2.75) is 0 Å². The molecule has 0 N–H and O–H groups in total. The second kappa shape index (κ2) is 1.70. The van der Waals surface area contributed by atoms with E-state index in [-0.39, 0.29) is 5.75 Å². The molecule has 4 heteroatoms. The Balaban J connectivity index is 2.98. The minimum atomic E-state index is -2.97. The molecule has 0 spiro atoms. The maximum atomic E-state index is 10.4. The lowest BCUT2D eigenvalue weighted by atomic mass is 10.8. The van der Waals surface area contributed by atoms with E-state index in [0.717, 1.165) is 5.41 Å². The van der Waals surface area contributed by atoms with Crippen LogP contribution in [0.15, 0.2) is 10.4 Å². The second-order valence-electron chi connectivity index (χ2n) is 1.39. The zero-order chi connectivity index (χ0) is 6.04. The number of aliphatic imine (C=N–C) groups is 1. The summed E-state index contributed by atoms with van der Waals surface area (Å²) in [4.78, 5) is 3.46. The largest absolute Gasteiger partial charge is 0.257 e. The Bertz CT molecular complexity index is 224. The van der Waals surface area contributed by atoms with E-state index in [1.807, 2.05) is 0 Å². The van der Waals surface area contributed by atoms with Crippen molar-refractivity contribution in [3.63, 3.8) is 0 Å². The Morgan fingerprint density at radius 3 is 2.62 bits per heavy atom. The fraction of sp³-hybridized carbons (Fsp3) is 0.250. The Labute approximate surface area is 47.7 Å². The summed E-state index contributed by atoms with van der Waals surface area (Å²) in [5.41, 5.74) is 0. The molecule has 0 amide bonds. The van der Waals surface area contributed by atoms with Crippen LogP contribution in [0.4, 0.5) is 0 Å². The van der Waals surface area contributed by atoms with Crippen LogP contribution in [-0.2, 0) is 9.84 Å². The predicted octanol–water partition coefficient (Wildman–Crippen LogP) is -0.240. The third-order valence-corrected chi connectivity index (χ3v) is 1.78. The number of nitrogens with zero attached hydrogens (tertiary/aromatic N) is 1. The molecule has 8 heavy (non-hydrogen) atoms. The van der Waals surface area contributed by atoms with Crippen molar-refractivity contribution in [2.75, 3.05) is 5.75 Å². The number of hydrogen-bond acceptors (Lipinski definition) is 3. The summed E-state index contributed by atoms with van der Waals surface area (Å²) < 4.78 is 20.9. The fourth-order valence-electron chi connectivity index (χ4n) is 0.353. The van der Waals surface area contributed by atoms with Crippen molar-refractivity contribution in [1.29, 1.82) is 0 Å². The van der Waals surface area contributed by atoms with E-state index in [0.29, 0.717) is 0 Å². The van der Waals surface area contributed by atoms with Crippen LogP contribution in [0.25, 0.3) is 0 Å². The van der Waals surface area contributed by atoms with E-state index in [2.05, 4.69) is 11.2 Å². The molecule has 0 aromatic rings. The van der Waals surface area contributed by atoms with Crippen LogP contribution >= 0.6 is 0 Å². The van der Waals surface area contributed by atoms with Gasteiger partial charge in [-0.15, -0.1) is 0 Å². The fourth-order valence-corrected chi connectivity index (χ4v) is 0.953. The van der Waals surface area contributed by atoms with Gasteiger partial charge in [0.15, 0.2) is 9.84 Å². The standard InChI is InChI=1S/C4H4NO2S/c6-8(7)3-1-5-2-4-8/h1,4H,3H2. The van der Waals surface area contributed by atoms with Gasteiger partial charge >= 0.3 is 0 Å². The quantitative estimate of drug-likeness (QED) is 0.454. The van der Waals surface area contributed by atoms with Crippen molar-refractivity contribution in [2.24, 2.45) is 4.99 Å². The highest BCUT2D eigenvalue weighted by molar-refractivity contribution is 7.94. The molecule has 0 saturated heterocycles. The molecule has 0 bridgehead atoms. The minimum absolute atomic E-state index is 0.0139. The maximum absolute atomic E-state index is 10.4. The van der Waals surface area contributed by atoms with Gasteiger partial charge in [-0.3, -0.25) is 4.99 Å². The normalized spacial score (nSPS) is 23.5. The number of rotatable bonds is 0. The lowest BCUT2D eigenvalue weighted by Crippen LogP contribution is -2.05. The van der Waals surface area contributed by atoms with E-state index in [4.69, 9.17) is 0 Å². The highest BCUT2D eigenvalue weighted by Crippen LogP contribution is 1.94. The monoisotopic (exact) mass is 130 g/mol. The Morgan fingerprint density at radius 2 is 2.38 bits per heavy atom. The van der Waals surface area contributed by atoms with Crippen LogP contribution in [0.3, 0.4) is 0 Å². The number of sulfone groups is 1. The molecule has 1 radical (unpaired) electrons. The average molecular weight is 130 g/mol. The van der Waals surface area contributed by atoms with E-state index in [9.17, 15) is 8.42 Å². The van der Waals surface area contributed by atoms with Gasteiger partial charge in [0.25, 0.3) is 0 Å². The molecule has 1 aliphatic rings. The molecule has 0 fully saturated rings. The van der Waals surface area contributed by atoms with Crippen molar-refractivity contribution >= 4 is 16.1 Å². The van der Waals surface area contributed by atoms with Gasteiger partial charge < -0.3 is 0 Å². The smallest absolute Gasteiger partial charge is 0.178 e. The Morgan fingerprint density at radius 1 is 1.62 bits per heavy atom. The Kier molecular flexibility index (Phi) is 1.17.